The molecule has 1 heterocycles. The molecule has 1 aromatic heterocycles. The lowest BCUT2D eigenvalue weighted by Crippen LogP contribution is -2.15. The van der Waals surface area contributed by atoms with Crippen LogP contribution < -0.4 is 0 Å². The van der Waals surface area contributed by atoms with E-state index in [1.807, 2.05) is 0 Å². The Labute approximate surface area is 87.8 Å². The second kappa shape index (κ2) is 4.06. The van der Waals surface area contributed by atoms with Crippen molar-refractivity contribution in [3.63, 3.8) is 0 Å². The summed E-state index contributed by atoms with van der Waals surface area (Å²) in [4.78, 5) is 14.3. The van der Waals surface area contributed by atoms with E-state index in [2.05, 4.69) is 9.72 Å². The highest BCUT2D eigenvalue weighted by Crippen LogP contribution is 2.36. The van der Waals surface area contributed by atoms with E-state index in [0.717, 1.165) is 19.4 Å². The van der Waals surface area contributed by atoms with Gasteiger partial charge >= 0.3 is 12.1 Å². The number of halogens is 4. The molecule has 15 heavy (non-hydrogen) atoms. The van der Waals surface area contributed by atoms with Crippen molar-refractivity contribution in [3.8, 4) is 0 Å². The fourth-order valence-electron chi connectivity index (χ4n) is 0.986. The van der Waals surface area contributed by atoms with E-state index in [0.29, 0.717) is 0 Å². The number of aromatic nitrogens is 1. The number of hydrogen-bond acceptors (Lipinski definition) is 3. The van der Waals surface area contributed by atoms with Crippen molar-refractivity contribution in [1.29, 1.82) is 0 Å². The molecule has 0 aliphatic carbocycles. The first-order chi connectivity index (χ1) is 6.88. The smallest absolute Gasteiger partial charge is 0.420 e. The van der Waals surface area contributed by atoms with Gasteiger partial charge in [0.25, 0.3) is 0 Å². The molecule has 3 nitrogen and oxygen atoms in total. The first kappa shape index (κ1) is 11.8. The maximum Gasteiger partial charge on any atom is 0.420 e. The van der Waals surface area contributed by atoms with Crippen LogP contribution in [0.25, 0.3) is 0 Å². The van der Waals surface area contributed by atoms with Crippen LogP contribution in [0.1, 0.15) is 15.9 Å². The van der Waals surface area contributed by atoms with Crippen LogP contribution in [-0.2, 0) is 10.9 Å². The van der Waals surface area contributed by atoms with E-state index in [4.69, 9.17) is 11.6 Å². The number of carbonyl (C=O) groups is 1. The summed E-state index contributed by atoms with van der Waals surface area (Å²) in [6.45, 7) is 0. The van der Waals surface area contributed by atoms with Gasteiger partial charge in [-0.25, -0.2) is 9.78 Å². The zero-order valence-electron chi connectivity index (χ0n) is 7.43. The van der Waals surface area contributed by atoms with Crippen molar-refractivity contribution in [3.05, 3.63) is 28.5 Å². The summed E-state index contributed by atoms with van der Waals surface area (Å²) in [7, 11) is 0.983. The van der Waals surface area contributed by atoms with E-state index in [1.54, 1.807) is 0 Å². The Kier molecular flexibility index (Phi) is 3.18. The zero-order valence-corrected chi connectivity index (χ0v) is 8.19. The molecular formula is C8H5ClF3NO2. The number of nitrogens with zero attached hydrogens (tertiary/aromatic N) is 1. The van der Waals surface area contributed by atoms with Gasteiger partial charge in [-0.1, -0.05) is 11.6 Å². The third-order valence-corrected chi connectivity index (χ3v) is 1.88. The summed E-state index contributed by atoms with van der Waals surface area (Å²) in [5.41, 5.74) is -1.93. The molecule has 7 heteroatoms. The van der Waals surface area contributed by atoms with Crippen LogP contribution in [-0.4, -0.2) is 18.1 Å². The Bertz CT molecular complexity index is 392. The van der Waals surface area contributed by atoms with E-state index >= 15 is 0 Å². The summed E-state index contributed by atoms with van der Waals surface area (Å²) >= 11 is 5.28. The van der Waals surface area contributed by atoms with Gasteiger partial charge in [-0.15, -0.1) is 0 Å². The van der Waals surface area contributed by atoms with Crippen LogP contribution in [0.3, 0.4) is 0 Å². The number of hydrogen-bond donors (Lipinski definition) is 0. The maximum absolute atomic E-state index is 12.5. The lowest BCUT2D eigenvalue weighted by Gasteiger charge is -2.11. The monoisotopic (exact) mass is 239 g/mol. The van der Waals surface area contributed by atoms with Crippen LogP contribution in [0.5, 0.6) is 0 Å². The molecule has 0 aliphatic rings. The van der Waals surface area contributed by atoms with Gasteiger partial charge in [0, 0.05) is 6.20 Å². The molecular weight excluding hydrogens is 235 g/mol. The molecule has 0 N–H and O–H groups in total. The molecule has 1 aromatic rings. The fraction of sp³-hybridized carbons (Fsp3) is 0.250. The number of esters is 1. The molecule has 0 fully saturated rings. The average Bonchev–Trinajstić information content (AvgIpc) is 2.14. The first-order valence-electron chi connectivity index (χ1n) is 3.68. The van der Waals surface area contributed by atoms with Gasteiger partial charge < -0.3 is 4.74 Å². The highest BCUT2D eigenvalue weighted by molar-refractivity contribution is 6.30. The Morgan fingerprint density at radius 1 is 1.53 bits per heavy atom. The predicted molar refractivity (Wildman–Crippen MR) is 45.6 cm³/mol. The molecule has 0 saturated carbocycles. The van der Waals surface area contributed by atoms with Crippen molar-refractivity contribution < 1.29 is 22.7 Å². The number of alkyl halides is 3. The standard InChI is InChI=1S/C8H5ClF3NO2/c1-15-7(14)4-2-3-13-6(9)5(4)8(10,11)12/h2-3H,1H3. The Morgan fingerprint density at radius 2 is 2.13 bits per heavy atom. The fourth-order valence-corrected chi connectivity index (χ4v) is 1.25. The minimum absolute atomic E-state index is 0.648. The topological polar surface area (TPSA) is 39.2 Å². The van der Waals surface area contributed by atoms with Crippen molar-refractivity contribution in [1.82, 2.24) is 4.98 Å². The molecule has 1 rings (SSSR count). The second-order valence-corrected chi connectivity index (χ2v) is 2.87. The third kappa shape index (κ3) is 2.38. The van der Waals surface area contributed by atoms with Gasteiger partial charge in [0.1, 0.15) is 10.7 Å². The highest BCUT2D eigenvalue weighted by atomic mass is 35.5. The molecule has 0 saturated heterocycles. The van der Waals surface area contributed by atoms with Crippen LogP contribution >= 0.6 is 11.6 Å². The SMILES string of the molecule is COC(=O)c1ccnc(Cl)c1C(F)(F)F. The van der Waals surface area contributed by atoms with Gasteiger partial charge in [0.05, 0.1) is 12.7 Å². The lowest BCUT2D eigenvalue weighted by atomic mass is 10.1. The number of ether oxygens (including phenoxy) is 1. The summed E-state index contributed by atoms with van der Waals surface area (Å²) in [6.07, 6.45) is -3.74. The minimum Gasteiger partial charge on any atom is -0.465 e. The van der Waals surface area contributed by atoms with Crippen molar-refractivity contribution in [2.75, 3.05) is 7.11 Å². The Morgan fingerprint density at radius 3 is 2.60 bits per heavy atom. The highest BCUT2D eigenvalue weighted by Gasteiger charge is 2.38. The maximum atomic E-state index is 12.5. The second-order valence-electron chi connectivity index (χ2n) is 2.51. The molecule has 0 amide bonds. The van der Waals surface area contributed by atoms with E-state index < -0.39 is 28.4 Å². The van der Waals surface area contributed by atoms with Crippen LogP contribution in [0.15, 0.2) is 12.3 Å². The molecule has 0 aliphatic heterocycles. The zero-order chi connectivity index (χ0) is 11.6. The summed E-state index contributed by atoms with van der Waals surface area (Å²) in [5, 5.41) is -0.773. The van der Waals surface area contributed by atoms with E-state index in [1.165, 1.54) is 0 Å². The lowest BCUT2D eigenvalue weighted by molar-refractivity contribution is -0.138. The summed E-state index contributed by atoms with van der Waals surface area (Å²) in [6, 6.07) is 0.903. The summed E-state index contributed by atoms with van der Waals surface area (Å²) in [5.74, 6) is -1.10. The van der Waals surface area contributed by atoms with E-state index in [9.17, 15) is 18.0 Å². The van der Waals surface area contributed by atoms with Gasteiger partial charge in [0.15, 0.2) is 0 Å². The van der Waals surface area contributed by atoms with Crippen molar-refractivity contribution >= 4 is 17.6 Å². The molecule has 82 valence electrons. The molecule has 0 bridgehead atoms. The Hall–Kier alpha value is -1.30. The van der Waals surface area contributed by atoms with Crippen LogP contribution in [0, 0.1) is 0 Å². The number of carbonyl (C=O) groups excluding carboxylic acids is 1. The van der Waals surface area contributed by atoms with Crippen molar-refractivity contribution in [2.45, 2.75) is 6.18 Å². The summed E-state index contributed by atoms with van der Waals surface area (Å²) < 4.78 is 41.6. The van der Waals surface area contributed by atoms with E-state index in [-0.39, 0.29) is 0 Å². The minimum atomic E-state index is -4.74. The van der Waals surface area contributed by atoms with Crippen molar-refractivity contribution in [2.24, 2.45) is 0 Å². The van der Waals surface area contributed by atoms with Crippen LogP contribution in [0.2, 0.25) is 5.15 Å². The largest absolute Gasteiger partial charge is 0.465 e. The van der Waals surface area contributed by atoms with Gasteiger partial charge in [-0.2, -0.15) is 13.2 Å². The first-order valence-corrected chi connectivity index (χ1v) is 4.05. The molecule has 0 atom stereocenters. The molecule has 0 unspecified atom stereocenters. The number of pyridine rings is 1. The average molecular weight is 240 g/mol. The van der Waals surface area contributed by atoms with Crippen LogP contribution in [0.4, 0.5) is 13.2 Å². The molecule has 0 aromatic carbocycles. The Balaban J connectivity index is 3.40. The van der Waals surface area contributed by atoms with Gasteiger partial charge in [0.2, 0.25) is 0 Å². The normalized spacial score (nSPS) is 11.3. The number of rotatable bonds is 1. The number of methoxy groups -OCH3 is 1. The third-order valence-electron chi connectivity index (χ3n) is 1.59. The van der Waals surface area contributed by atoms with Gasteiger partial charge in [-0.3, -0.25) is 0 Å². The molecule has 0 spiro atoms. The predicted octanol–water partition coefficient (Wildman–Crippen LogP) is 2.54. The molecule has 0 radical (unpaired) electrons. The quantitative estimate of drug-likeness (QED) is 0.558. The van der Waals surface area contributed by atoms with Gasteiger partial charge in [-0.05, 0) is 6.07 Å².